The summed E-state index contributed by atoms with van der Waals surface area (Å²) in [6.45, 7) is 12.2. The van der Waals surface area contributed by atoms with Crippen molar-refractivity contribution in [2.45, 2.75) is 20.0 Å². The van der Waals surface area contributed by atoms with Gasteiger partial charge in [0.25, 0.3) is 0 Å². The summed E-state index contributed by atoms with van der Waals surface area (Å²) in [6, 6.07) is 0. The Hall–Kier alpha value is -0.160. The van der Waals surface area contributed by atoms with Gasteiger partial charge in [0.2, 0.25) is 0 Å². The summed E-state index contributed by atoms with van der Waals surface area (Å²) in [5, 5.41) is 13.2. The van der Waals surface area contributed by atoms with Crippen LogP contribution in [0.2, 0.25) is 0 Å². The third-order valence-corrected chi connectivity index (χ3v) is 3.04. The number of hydrogen-bond acceptors (Lipinski definition) is 4. The van der Waals surface area contributed by atoms with Gasteiger partial charge in [-0.3, -0.25) is 4.90 Å². The first-order chi connectivity index (χ1) is 7.26. The zero-order valence-corrected chi connectivity index (χ0v) is 10.1. The van der Waals surface area contributed by atoms with Crippen molar-refractivity contribution in [3.05, 3.63) is 0 Å². The van der Waals surface area contributed by atoms with Gasteiger partial charge in [-0.25, -0.2) is 0 Å². The van der Waals surface area contributed by atoms with Crippen LogP contribution in [0.25, 0.3) is 0 Å². The Bertz CT molecular complexity index is 156. The van der Waals surface area contributed by atoms with Crippen LogP contribution in [-0.2, 0) is 0 Å². The van der Waals surface area contributed by atoms with Gasteiger partial charge in [0.05, 0.1) is 6.10 Å². The van der Waals surface area contributed by atoms with Crippen LogP contribution in [0, 0.1) is 0 Å². The van der Waals surface area contributed by atoms with Crippen molar-refractivity contribution in [1.82, 2.24) is 15.1 Å². The Morgan fingerprint density at radius 3 is 2.40 bits per heavy atom. The van der Waals surface area contributed by atoms with Crippen molar-refractivity contribution in [2.24, 2.45) is 0 Å². The Balaban J connectivity index is 2.18. The monoisotopic (exact) mass is 215 g/mol. The fourth-order valence-electron chi connectivity index (χ4n) is 2.03. The number of likely N-dealkylation sites (N-methyl/N-ethyl adjacent to an activating group) is 1. The fourth-order valence-corrected chi connectivity index (χ4v) is 2.03. The molecule has 0 bridgehead atoms. The molecule has 15 heavy (non-hydrogen) atoms. The van der Waals surface area contributed by atoms with Crippen molar-refractivity contribution in [1.29, 1.82) is 0 Å². The molecule has 1 atom stereocenters. The largest absolute Gasteiger partial charge is 0.390 e. The molecule has 2 N–H and O–H groups in total. The number of β-amino-alcohol motifs (C(OH)–C–C–N with tert-alkyl or cyclic N) is 1. The van der Waals surface area contributed by atoms with E-state index < -0.39 is 0 Å². The lowest BCUT2D eigenvalue weighted by Gasteiger charge is -2.30. The summed E-state index contributed by atoms with van der Waals surface area (Å²) < 4.78 is 0. The van der Waals surface area contributed by atoms with Gasteiger partial charge in [0.15, 0.2) is 0 Å². The second-order valence-electron chi connectivity index (χ2n) is 4.19. The number of nitrogens with zero attached hydrogens (tertiary/aromatic N) is 2. The summed E-state index contributed by atoms with van der Waals surface area (Å²) in [5.74, 6) is 0. The van der Waals surface area contributed by atoms with Gasteiger partial charge in [-0.15, -0.1) is 0 Å². The Morgan fingerprint density at radius 1 is 1.27 bits per heavy atom. The molecule has 0 aromatic carbocycles. The van der Waals surface area contributed by atoms with Gasteiger partial charge in [-0.05, 0) is 13.1 Å². The molecule has 1 rings (SSSR count). The summed E-state index contributed by atoms with van der Waals surface area (Å²) in [4.78, 5) is 4.61. The molecule has 1 aliphatic rings. The normalized spacial score (nSPS) is 20.8. The van der Waals surface area contributed by atoms with Crippen LogP contribution in [0.1, 0.15) is 13.8 Å². The summed E-state index contributed by atoms with van der Waals surface area (Å²) in [6.07, 6.45) is -0.206. The van der Waals surface area contributed by atoms with E-state index in [1.165, 1.54) is 0 Å². The molecule has 0 radical (unpaired) electrons. The summed E-state index contributed by atoms with van der Waals surface area (Å²) in [7, 11) is 0. The molecule has 0 aliphatic carbocycles. The van der Waals surface area contributed by atoms with Crippen molar-refractivity contribution in [2.75, 3.05) is 52.4 Å². The number of hydrogen-bond donors (Lipinski definition) is 2. The van der Waals surface area contributed by atoms with Crippen molar-refractivity contribution < 1.29 is 5.11 Å². The lowest BCUT2D eigenvalue weighted by molar-refractivity contribution is 0.0726. The van der Waals surface area contributed by atoms with E-state index in [-0.39, 0.29) is 6.10 Å². The molecule has 1 heterocycles. The number of rotatable bonds is 6. The predicted octanol–water partition coefficient (Wildman–Crippen LogP) is -0.406. The van der Waals surface area contributed by atoms with E-state index in [0.717, 1.165) is 52.4 Å². The van der Waals surface area contributed by atoms with Gasteiger partial charge in [0, 0.05) is 39.3 Å². The van der Waals surface area contributed by atoms with E-state index in [1.807, 2.05) is 0 Å². The molecule has 0 spiro atoms. The number of piperazine rings is 1. The molecule has 90 valence electrons. The average Bonchev–Trinajstić information content (AvgIpc) is 2.27. The van der Waals surface area contributed by atoms with Gasteiger partial charge in [-0.2, -0.15) is 0 Å². The van der Waals surface area contributed by atoms with Gasteiger partial charge in [0.1, 0.15) is 0 Å². The fraction of sp³-hybridized carbons (Fsp3) is 1.00. The zero-order valence-electron chi connectivity index (χ0n) is 10.1. The SMILES string of the molecule is CCN(CC)C[C@H](O)CN1CCNCC1. The maximum Gasteiger partial charge on any atom is 0.0793 e. The molecular formula is C11H25N3O. The van der Waals surface area contributed by atoms with Gasteiger partial charge >= 0.3 is 0 Å². The zero-order chi connectivity index (χ0) is 11.1. The second-order valence-corrected chi connectivity index (χ2v) is 4.19. The van der Waals surface area contributed by atoms with Crippen molar-refractivity contribution in [3.8, 4) is 0 Å². The highest BCUT2D eigenvalue weighted by Crippen LogP contribution is 1.98. The van der Waals surface area contributed by atoms with Crippen LogP contribution >= 0.6 is 0 Å². The molecule has 0 unspecified atom stereocenters. The van der Waals surface area contributed by atoms with E-state index in [2.05, 4.69) is 29.0 Å². The molecule has 1 aliphatic heterocycles. The van der Waals surface area contributed by atoms with E-state index >= 15 is 0 Å². The number of nitrogens with one attached hydrogen (secondary N) is 1. The maximum atomic E-state index is 9.93. The third-order valence-electron chi connectivity index (χ3n) is 3.04. The highest BCUT2D eigenvalue weighted by Gasteiger charge is 2.15. The van der Waals surface area contributed by atoms with E-state index in [4.69, 9.17) is 0 Å². The number of aliphatic hydroxyl groups is 1. The Labute approximate surface area is 93.2 Å². The topological polar surface area (TPSA) is 38.7 Å². The van der Waals surface area contributed by atoms with Crippen molar-refractivity contribution in [3.63, 3.8) is 0 Å². The molecule has 4 nitrogen and oxygen atoms in total. The quantitative estimate of drug-likeness (QED) is 0.632. The second kappa shape index (κ2) is 7.17. The van der Waals surface area contributed by atoms with Gasteiger partial charge < -0.3 is 15.3 Å². The molecule has 1 saturated heterocycles. The molecule has 0 aromatic rings. The first kappa shape index (κ1) is 12.9. The van der Waals surface area contributed by atoms with E-state index in [9.17, 15) is 5.11 Å². The molecule has 0 saturated carbocycles. The minimum Gasteiger partial charge on any atom is -0.390 e. The van der Waals surface area contributed by atoms with E-state index in [0.29, 0.717) is 0 Å². The van der Waals surface area contributed by atoms with Crippen LogP contribution in [0.15, 0.2) is 0 Å². The minimum atomic E-state index is -0.206. The maximum absolute atomic E-state index is 9.93. The van der Waals surface area contributed by atoms with E-state index in [1.54, 1.807) is 0 Å². The first-order valence-electron chi connectivity index (χ1n) is 6.09. The first-order valence-corrected chi connectivity index (χ1v) is 6.09. The van der Waals surface area contributed by atoms with Crippen LogP contribution in [0.3, 0.4) is 0 Å². The van der Waals surface area contributed by atoms with Crippen LogP contribution < -0.4 is 5.32 Å². The highest BCUT2D eigenvalue weighted by atomic mass is 16.3. The molecule has 0 amide bonds. The standard InChI is InChI=1S/C11H25N3O/c1-3-13(4-2)9-11(15)10-14-7-5-12-6-8-14/h11-12,15H,3-10H2,1-2H3/t11-/m0/s1. The average molecular weight is 215 g/mol. The lowest BCUT2D eigenvalue weighted by atomic mass is 10.2. The molecule has 4 heteroatoms. The highest BCUT2D eigenvalue weighted by molar-refractivity contribution is 4.72. The molecule has 0 aromatic heterocycles. The Kier molecular flexibility index (Phi) is 6.17. The Morgan fingerprint density at radius 2 is 1.87 bits per heavy atom. The summed E-state index contributed by atoms with van der Waals surface area (Å²) >= 11 is 0. The molecular weight excluding hydrogens is 190 g/mol. The summed E-state index contributed by atoms with van der Waals surface area (Å²) in [5.41, 5.74) is 0. The van der Waals surface area contributed by atoms with Crippen LogP contribution in [0.5, 0.6) is 0 Å². The number of aliphatic hydroxyl groups excluding tert-OH is 1. The predicted molar refractivity (Wildman–Crippen MR) is 63.1 cm³/mol. The van der Waals surface area contributed by atoms with Gasteiger partial charge in [-0.1, -0.05) is 13.8 Å². The minimum absolute atomic E-state index is 0.206. The van der Waals surface area contributed by atoms with Crippen LogP contribution in [0.4, 0.5) is 0 Å². The van der Waals surface area contributed by atoms with Crippen LogP contribution in [-0.4, -0.2) is 73.4 Å². The van der Waals surface area contributed by atoms with Crippen molar-refractivity contribution >= 4 is 0 Å². The third kappa shape index (κ3) is 4.93. The smallest absolute Gasteiger partial charge is 0.0793 e. The molecule has 1 fully saturated rings. The lowest BCUT2D eigenvalue weighted by Crippen LogP contribution is -2.48.